The maximum absolute atomic E-state index is 8.74. The summed E-state index contributed by atoms with van der Waals surface area (Å²) < 4.78 is 0. The van der Waals surface area contributed by atoms with E-state index in [2.05, 4.69) is 19.9 Å². The predicted octanol–water partition coefficient (Wildman–Crippen LogP) is 2.64. The molecule has 0 aliphatic carbocycles. The maximum atomic E-state index is 8.74. The zero-order valence-corrected chi connectivity index (χ0v) is 8.56. The Morgan fingerprint density at radius 2 is 2.15 bits per heavy atom. The number of hydrogen-bond donors (Lipinski definition) is 1. The van der Waals surface area contributed by atoms with Gasteiger partial charge in [-0.3, -0.25) is 0 Å². The average molecular weight is 192 g/mol. The van der Waals surface area contributed by atoms with E-state index in [0.29, 0.717) is 16.5 Å². The Hall–Kier alpha value is -1.14. The number of anilines is 1. The summed E-state index contributed by atoms with van der Waals surface area (Å²) in [4.78, 5) is 0.994. The SMILES string of the molecule is CC(C)Sc1cccc(C#N)c1N. The highest BCUT2D eigenvalue weighted by Crippen LogP contribution is 2.30. The van der Waals surface area contributed by atoms with Gasteiger partial charge in [0.05, 0.1) is 11.3 Å². The van der Waals surface area contributed by atoms with Gasteiger partial charge >= 0.3 is 0 Å². The fourth-order valence-corrected chi connectivity index (χ4v) is 1.90. The van der Waals surface area contributed by atoms with Crippen molar-refractivity contribution in [2.45, 2.75) is 24.0 Å². The summed E-state index contributed by atoms with van der Waals surface area (Å²) in [7, 11) is 0. The lowest BCUT2D eigenvalue weighted by molar-refractivity contribution is 1.11. The summed E-state index contributed by atoms with van der Waals surface area (Å²) in [5.41, 5.74) is 6.96. The van der Waals surface area contributed by atoms with Crippen molar-refractivity contribution in [3.8, 4) is 6.07 Å². The molecule has 0 spiro atoms. The van der Waals surface area contributed by atoms with E-state index in [0.717, 1.165) is 4.90 Å². The highest BCUT2D eigenvalue weighted by Gasteiger charge is 2.05. The van der Waals surface area contributed by atoms with Crippen LogP contribution in [0.2, 0.25) is 0 Å². The van der Waals surface area contributed by atoms with Crippen molar-refractivity contribution in [1.29, 1.82) is 5.26 Å². The van der Waals surface area contributed by atoms with E-state index in [-0.39, 0.29) is 0 Å². The number of rotatable bonds is 2. The van der Waals surface area contributed by atoms with Gasteiger partial charge in [0.2, 0.25) is 0 Å². The monoisotopic (exact) mass is 192 g/mol. The highest BCUT2D eigenvalue weighted by atomic mass is 32.2. The highest BCUT2D eigenvalue weighted by molar-refractivity contribution is 8.00. The quantitative estimate of drug-likeness (QED) is 0.579. The minimum atomic E-state index is 0.483. The number of thioether (sulfide) groups is 1. The molecule has 0 saturated carbocycles. The Kier molecular flexibility index (Phi) is 3.21. The van der Waals surface area contributed by atoms with Gasteiger partial charge in [0.1, 0.15) is 6.07 Å². The van der Waals surface area contributed by atoms with Crippen LogP contribution in [0.5, 0.6) is 0 Å². The van der Waals surface area contributed by atoms with Gasteiger partial charge in [0.15, 0.2) is 0 Å². The van der Waals surface area contributed by atoms with E-state index in [1.807, 2.05) is 12.1 Å². The predicted molar refractivity (Wildman–Crippen MR) is 56.6 cm³/mol. The number of para-hydroxylation sites is 1. The molecule has 1 aromatic carbocycles. The van der Waals surface area contributed by atoms with E-state index in [9.17, 15) is 0 Å². The molecule has 0 atom stereocenters. The smallest absolute Gasteiger partial charge is 0.101 e. The zero-order chi connectivity index (χ0) is 9.84. The van der Waals surface area contributed by atoms with Crippen LogP contribution in [0.25, 0.3) is 0 Å². The van der Waals surface area contributed by atoms with Crippen molar-refractivity contribution in [1.82, 2.24) is 0 Å². The third-order valence-electron chi connectivity index (χ3n) is 1.55. The first-order chi connectivity index (χ1) is 6.15. The molecule has 0 bridgehead atoms. The van der Waals surface area contributed by atoms with Gasteiger partial charge in [0.25, 0.3) is 0 Å². The van der Waals surface area contributed by atoms with E-state index < -0.39 is 0 Å². The summed E-state index contributed by atoms with van der Waals surface area (Å²) in [6.45, 7) is 4.20. The summed E-state index contributed by atoms with van der Waals surface area (Å²) in [5.74, 6) is 0. The molecule has 0 unspecified atom stereocenters. The molecule has 0 fully saturated rings. The van der Waals surface area contributed by atoms with Crippen LogP contribution in [0.1, 0.15) is 19.4 Å². The molecule has 0 saturated heterocycles. The lowest BCUT2D eigenvalue weighted by Gasteiger charge is -2.08. The first kappa shape index (κ1) is 9.94. The molecule has 0 radical (unpaired) electrons. The van der Waals surface area contributed by atoms with Crippen LogP contribution in [0, 0.1) is 11.3 Å². The van der Waals surface area contributed by atoms with Crippen molar-refractivity contribution < 1.29 is 0 Å². The second-order valence-electron chi connectivity index (χ2n) is 3.00. The number of hydrogen-bond acceptors (Lipinski definition) is 3. The third kappa shape index (κ3) is 2.40. The van der Waals surface area contributed by atoms with E-state index in [1.54, 1.807) is 17.8 Å². The lowest BCUT2D eigenvalue weighted by Crippen LogP contribution is -1.95. The van der Waals surface area contributed by atoms with Gasteiger partial charge in [-0.2, -0.15) is 5.26 Å². The number of nitriles is 1. The molecule has 68 valence electrons. The maximum Gasteiger partial charge on any atom is 0.101 e. The molecular formula is C10H12N2S. The molecule has 2 N–H and O–H groups in total. The minimum Gasteiger partial charge on any atom is -0.397 e. The van der Waals surface area contributed by atoms with Crippen LogP contribution >= 0.6 is 11.8 Å². The van der Waals surface area contributed by atoms with E-state index in [4.69, 9.17) is 11.0 Å². The molecule has 3 heteroatoms. The fraction of sp³-hybridized carbons (Fsp3) is 0.300. The molecular weight excluding hydrogens is 180 g/mol. The minimum absolute atomic E-state index is 0.483. The summed E-state index contributed by atoms with van der Waals surface area (Å²) in [6.07, 6.45) is 0. The van der Waals surface area contributed by atoms with Gasteiger partial charge in [-0.05, 0) is 12.1 Å². The molecule has 1 aromatic rings. The van der Waals surface area contributed by atoms with Gasteiger partial charge < -0.3 is 5.73 Å². The number of nitrogens with zero attached hydrogens (tertiary/aromatic N) is 1. The molecule has 0 aromatic heterocycles. The van der Waals surface area contributed by atoms with E-state index in [1.165, 1.54) is 0 Å². The van der Waals surface area contributed by atoms with Crippen molar-refractivity contribution in [2.24, 2.45) is 0 Å². The average Bonchev–Trinajstić information content (AvgIpc) is 2.08. The summed E-state index contributed by atoms with van der Waals surface area (Å²) >= 11 is 1.68. The molecule has 13 heavy (non-hydrogen) atoms. The van der Waals surface area contributed by atoms with Crippen LogP contribution in [0.15, 0.2) is 23.1 Å². The molecule has 0 amide bonds. The molecule has 1 rings (SSSR count). The van der Waals surface area contributed by atoms with Crippen LogP contribution in [0.3, 0.4) is 0 Å². The van der Waals surface area contributed by atoms with Crippen molar-refractivity contribution in [3.63, 3.8) is 0 Å². The Morgan fingerprint density at radius 3 is 2.69 bits per heavy atom. The Balaban J connectivity index is 3.03. The normalized spacial score (nSPS) is 10.0. The van der Waals surface area contributed by atoms with Crippen LogP contribution < -0.4 is 5.73 Å². The molecule has 0 aliphatic heterocycles. The van der Waals surface area contributed by atoms with Crippen LogP contribution in [-0.2, 0) is 0 Å². The largest absolute Gasteiger partial charge is 0.397 e. The van der Waals surface area contributed by atoms with Gasteiger partial charge in [-0.25, -0.2) is 0 Å². The zero-order valence-electron chi connectivity index (χ0n) is 7.74. The Bertz CT molecular complexity index is 339. The van der Waals surface area contributed by atoms with Crippen molar-refractivity contribution >= 4 is 17.4 Å². The topological polar surface area (TPSA) is 49.8 Å². The van der Waals surface area contributed by atoms with Gasteiger partial charge in [0, 0.05) is 10.1 Å². The first-order valence-corrected chi connectivity index (χ1v) is 4.98. The van der Waals surface area contributed by atoms with Crippen LogP contribution in [-0.4, -0.2) is 5.25 Å². The fourth-order valence-electron chi connectivity index (χ4n) is 0.998. The standard InChI is InChI=1S/C10H12N2S/c1-7(2)13-9-5-3-4-8(6-11)10(9)12/h3-5,7H,12H2,1-2H3. The van der Waals surface area contributed by atoms with Crippen molar-refractivity contribution in [3.05, 3.63) is 23.8 Å². The van der Waals surface area contributed by atoms with Gasteiger partial charge in [-0.15, -0.1) is 11.8 Å². The summed E-state index contributed by atoms with van der Waals surface area (Å²) in [5, 5.41) is 9.22. The second kappa shape index (κ2) is 4.20. The van der Waals surface area contributed by atoms with Crippen molar-refractivity contribution in [2.75, 3.05) is 5.73 Å². The Morgan fingerprint density at radius 1 is 1.46 bits per heavy atom. The first-order valence-electron chi connectivity index (χ1n) is 4.10. The second-order valence-corrected chi connectivity index (χ2v) is 4.61. The summed E-state index contributed by atoms with van der Waals surface area (Å²) in [6, 6.07) is 7.61. The molecule has 0 aliphatic rings. The number of benzene rings is 1. The Labute approximate surface area is 82.7 Å². The number of nitrogen functional groups attached to an aromatic ring is 1. The lowest BCUT2D eigenvalue weighted by atomic mass is 10.2. The van der Waals surface area contributed by atoms with Crippen LogP contribution in [0.4, 0.5) is 5.69 Å². The molecule has 0 heterocycles. The number of nitrogens with two attached hydrogens (primary N) is 1. The third-order valence-corrected chi connectivity index (χ3v) is 2.63. The molecule has 2 nitrogen and oxygen atoms in total. The van der Waals surface area contributed by atoms with Gasteiger partial charge in [-0.1, -0.05) is 19.9 Å². The van der Waals surface area contributed by atoms with E-state index >= 15 is 0 Å².